The number of fused-ring (bicyclic) bond motifs is 2. The zero-order valence-corrected chi connectivity index (χ0v) is 30.9. The summed E-state index contributed by atoms with van der Waals surface area (Å²) in [7, 11) is 0. The van der Waals surface area contributed by atoms with Gasteiger partial charge >= 0.3 is 5.97 Å². The van der Waals surface area contributed by atoms with Gasteiger partial charge in [0, 0.05) is 25.8 Å². The van der Waals surface area contributed by atoms with Gasteiger partial charge in [-0.3, -0.25) is 24.2 Å². The highest BCUT2D eigenvalue weighted by atomic mass is 16.5. The predicted molar refractivity (Wildman–Crippen MR) is 195 cm³/mol. The van der Waals surface area contributed by atoms with Crippen LogP contribution in [0, 0.1) is 17.8 Å². The van der Waals surface area contributed by atoms with E-state index in [4.69, 9.17) is 4.74 Å². The Balaban J connectivity index is 2.03. The molecule has 1 aromatic carbocycles. The Labute approximate surface area is 306 Å². The second-order valence-corrected chi connectivity index (χ2v) is 14.2. The molecule has 3 rings (SSSR count). The number of aromatic hydroxyl groups is 1. The van der Waals surface area contributed by atoms with Gasteiger partial charge < -0.3 is 35.5 Å². The van der Waals surface area contributed by atoms with Crippen molar-refractivity contribution in [3.05, 3.63) is 65.8 Å². The summed E-state index contributed by atoms with van der Waals surface area (Å²) in [6, 6.07) is 3.19. The van der Waals surface area contributed by atoms with Crippen molar-refractivity contribution >= 4 is 29.5 Å². The number of esters is 1. The van der Waals surface area contributed by atoms with E-state index in [1.807, 2.05) is 12.2 Å². The number of hydrazine groups is 1. The molecule has 6 N–H and O–H groups in total. The van der Waals surface area contributed by atoms with E-state index in [-0.39, 0.29) is 49.9 Å². The van der Waals surface area contributed by atoms with Crippen LogP contribution in [0.4, 0.5) is 0 Å². The number of cyclic esters (lactones) is 1. The van der Waals surface area contributed by atoms with Gasteiger partial charge in [-0.1, -0.05) is 63.3 Å². The van der Waals surface area contributed by atoms with E-state index >= 15 is 0 Å². The quantitative estimate of drug-likeness (QED) is 0.172. The number of nitrogens with zero attached hydrogens (tertiary/aromatic N) is 1. The molecule has 286 valence electrons. The van der Waals surface area contributed by atoms with Crippen molar-refractivity contribution < 1.29 is 44.0 Å². The van der Waals surface area contributed by atoms with Gasteiger partial charge in [-0.2, -0.15) is 0 Å². The Morgan fingerprint density at radius 2 is 1.77 bits per heavy atom. The van der Waals surface area contributed by atoms with Crippen LogP contribution in [0.25, 0.3) is 0 Å². The summed E-state index contributed by atoms with van der Waals surface area (Å²) in [5.41, 5.74) is 4.21. The maximum Gasteiger partial charge on any atom is 0.325 e. The van der Waals surface area contributed by atoms with Gasteiger partial charge in [-0.15, -0.1) is 0 Å². The average molecular weight is 725 g/mol. The first kappa shape index (κ1) is 42.1. The molecule has 1 fully saturated rings. The van der Waals surface area contributed by atoms with Crippen molar-refractivity contribution in [2.24, 2.45) is 17.8 Å². The van der Waals surface area contributed by atoms with Crippen molar-refractivity contribution in [2.75, 3.05) is 13.2 Å². The van der Waals surface area contributed by atoms with E-state index in [0.717, 1.165) is 0 Å². The van der Waals surface area contributed by atoms with Crippen LogP contribution < -0.4 is 16.1 Å². The fraction of sp³-hybridized carbons (Fsp3) is 0.564. The van der Waals surface area contributed by atoms with Crippen LogP contribution >= 0.6 is 0 Å². The number of ether oxygens (including phenoxy) is 1. The van der Waals surface area contributed by atoms with Crippen LogP contribution in [-0.4, -0.2) is 93.3 Å². The Kier molecular flexibility index (Phi) is 16.7. The highest BCUT2D eigenvalue weighted by Crippen LogP contribution is 2.24. The van der Waals surface area contributed by atoms with Gasteiger partial charge in [0.15, 0.2) is 0 Å². The summed E-state index contributed by atoms with van der Waals surface area (Å²) in [5.74, 6) is -4.25. The molecule has 1 unspecified atom stereocenters. The van der Waals surface area contributed by atoms with Crippen molar-refractivity contribution in [3.63, 3.8) is 0 Å². The molecule has 3 amide bonds. The molecule has 2 heterocycles. The number of benzene rings is 1. The Bertz CT molecular complexity index is 1490. The third-order valence-electron chi connectivity index (χ3n) is 9.51. The third kappa shape index (κ3) is 12.7. The lowest BCUT2D eigenvalue weighted by molar-refractivity contribution is -0.156. The number of phenolic OH excluding ortho intramolecular Hbond substituents is 1. The minimum Gasteiger partial charge on any atom is -0.508 e. The second kappa shape index (κ2) is 20.6. The van der Waals surface area contributed by atoms with E-state index in [1.165, 1.54) is 24.1 Å². The molecule has 1 aromatic rings. The SMILES string of the molecule is CC(=O)CC[C@H]1C(=O)N[C@@H](C(C)C)C(=O)N[C@@H](Cc2cccc(O)c2)C(=O)N2CCCC(N2)C(=O)O[C@H](/C(C)=C/CO)C/C=C/C=C/C[C@H](C)[C@H]1O. The molecule has 0 saturated carbocycles. The summed E-state index contributed by atoms with van der Waals surface area (Å²) >= 11 is 0. The molecule has 0 radical (unpaired) electrons. The highest BCUT2D eigenvalue weighted by Gasteiger charge is 2.37. The number of ketones is 1. The lowest BCUT2D eigenvalue weighted by Gasteiger charge is -2.36. The number of allylic oxidation sites excluding steroid dienone is 3. The summed E-state index contributed by atoms with van der Waals surface area (Å²) in [4.78, 5) is 67.3. The minimum atomic E-state index is -1.16. The standard InChI is InChI=1S/C39H56N4O9/c1-24(2)34-37(49)40-32(23-28-13-10-14-29(46)22-28)38(50)43-20-11-15-31(42-43)39(51)52-33(25(3)19-21-44)16-9-7-6-8-12-26(4)35(47)30(36(48)41-34)18-17-27(5)45/h6-10,13-14,19,22,24,26,30-35,42,44,46-47H,11-12,15-18,20-21,23H2,1-5H3,(H,40,49)(H,41,48)/b8-6+,9-7+,25-19+/t26-,30+,31?,32-,33-,34-,35+/m0/s1. The molecule has 52 heavy (non-hydrogen) atoms. The highest BCUT2D eigenvalue weighted by molar-refractivity contribution is 5.93. The lowest BCUT2D eigenvalue weighted by atomic mass is 9.85. The molecule has 1 saturated heterocycles. The van der Waals surface area contributed by atoms with E-state index in [9.17, 15) is 39.3 Å². The van der Waals surface area contributed by atoms with Crippen molar-refractivity contribution in [1.82, 2.24) is 21.1 Å². The van der Waals surface area contributed by atoms with Crippen molar-refractivity contribution in [3.8, 4) is 5.75 Å². The number of nitrogens with one attached hydrogen (secondary N) is 3. The number of carbonyl (C=O) groups excluding carboxylic acids is 5. The first-order valence-electron chi connectivity index (χ1n) is 18.1. The maximum atomic E-state index is 14.2. The molecule has 0 aliphatic carbocycles. The lowest BCUT2D eigenvalue weighted by Crippen LogP contribution is -2.62. The molecule has 7 atom stereocenters. The molecular formula is C39H56N4O9. The third-order valence-corrected chi connectivity index (χ3v) is 9.51. The smallest absolute Gasteiger partial charge is 0.325 e. The average Bonchev–Trinajstić information content (AvgIpc) is 3.10. The zero-order chi connectivity index (χ0) is 38.4. The van der Waals surface area contributed by atoms with Crippen molar-refractivity contribution in [2.45, 2.75) is 110 Å². The summed E-state index contributed by atoms with van der Waals surface area (Å²) in [5, 5.41) is 37.9. The van der Waals surface area contributed by atoms with Gasteiger partial charge in [0.05, 0.1) is 18.6 Å². The van der Waals surface area contributed by atoms with Gasteiger partial charge in [-0.25, -0.2) is 5.43 Å². The summed E-state index contributed by atoms with van der Waals surface area (Å²) in [6.45, 7) is 8.48. The number of phenols is 1. The number of Topliss-reactive ketones (excluding diaryl/α,β-unsaturated/α-hetero) is 1. The molecular weight excluding hydrogens is 668 g/mol. The van der Waals surface area contributed by atoms with E-state index < -0.39 is 65.9 Å². The van der Waals surface area contributed by atoms with E-state index in [0.29, 0.717) is 36.8 Å². The van der Waals surface area contributed by atoms with E-state index in [1.54, 1.807) is 58.1 Å². The van der Waals surface area contributed by atoms with Crippen LogP contribution in [0.5, 0.6) is 5.75 Å². The van der Waals surface area contributed by atoms with Gasteiger partial charge in [-0.05, 0) is 74.6 Å². The predicted octanol–water partition coefficient (Wildman–Crippen LogP) is 2.79. The fourth-order valence-corrected chi connectivity index (χ4v) is 6.31. The molecule has 13 heteroatoms. The minimum absolute atomic E-state index is 0.00440. The monoisotopic (exact) mass is 724 g/mol. The largest absolute Gasteiger partial charge is 0.508 e. The number of hydrogen-bond donors (Lipinski definition) is 6. The molecule has 2 aliphatic heterocycles. The van der Waals surface area contributed by atoms with Crippen LogP contribution in [0.2, 0.25) is 0 Å². The number of aliphatic hydroxyl groups is 2. The van der Waals surface area contributed by atoms with Gasteiger partial charge in [0.1, 0.15) is 35.8 Å². The first-order chi connectivity index (χ1) is 24.7. The molecule has 0 aromatic heterocycles. The second-order valence-electron chi connectivity index (χ2n) is 14.2. The van der Waals surface area contributed by atoms with Crippen LogP contribution in [0.15, 0.2) is 60.2 Å². The Morgan fingerprint density at radius 3 is 2.42 bits per heavy atom. The van der Waals surface area contributed by atoms with Crippen molar-refractivity contribution in [1.29, 1.82) is 0 Å². The number of carbonyl (C=O) groups is 5. The molecule has 2 aliphatic rings. The summed E-state index contributed by atoms with van der Waals surface area (Å²) < 4.78 is 5.90. The number of aliphatic hydroxyl groups excluding tert-OH is 2. The zero-order valence-electron chi connectivity index (χ0n) is 30.9. The fourth-order valence-electron chi connectivity index (χ4n) is 6.31. The van der Waals surface area contributed by atoms with Gasteiger partial charge in [0.25, 0.3) is 5.91 Å². The van der Waals surface area contributed by atoms with E-state index in [2.05, 4.69) is 16.1 Å². The maximum absolute atomic E-state index is 14.2. The van der Waals surface area contributed by atoms with Crippen LogP contribution in [0.3, 0.4) is 0 Å². The normalized spacial score (nSPS) is 28.9. The van der Waals surface area contributed by atoms with Gasteiger partial charge in [0.2, 0.25) is 11.8 Å². The topological polar surface area (TPSA) is 195 Å². The number of rotatable bonds is 8. The van der Waals surface area contributed by atoms with Crippen LogP contribution in [0.1, 0.15) is 78.7 Å². The molecule has 2 bridgehead atoms. The Morgan fingerprint density at radius 1 is 1.06 bits per heavy atom. The number of hydrogen-bond acceptors (Lipinski definition) is 10. The Hall–Kier alpha value is -4.33. The number of amides is 3. The van der Waals surface area contributed by atoms with Crippen LogP contribution in [-0.2, 0) is 35.1 Å². The molecule has 0 spiro atoms. The summed E-state index contributed by atoms with van der Waals surface area (Å²) in [6.07, 6.45) is 8.76. The molecule has 13 nitrogen and oxygen atoms in total. The first-order valence-corrected chi connectivity index (χ1v) is 18.1.